The summed E-state index contributed by atoms with van der Waals surface area (Å²) in [5.41, 5.74) is 3.32. The standard InChI is InChI=1S/C16H20N4/c1-12-5-3-4-6-14(12)15-7-8-16(19-18-15)20-10-9-13(11-20)17-2/h3-8,13,17H,9-11H2,1-2H3. The average molecular weight is 268 g/mol. The minimum atomic E-state index is 0.563. The highest BCUT2D eigenvalue weighted by Crippen LogP contribution is 2.23. The molecule has 1 aliphatic rings. The van der Waals surface area contributed by atoms with Crippen molar-refractivity contribution in [1.82, 2.24) is 15.5 Å². The summed E-state index contributed by atoms with van der Waals surface area (Å²) in [6.45, 7) is 4.15. The Labute approximate surface area is 119 Å². The van der Waals surface area contributed by atoms with Gasteiger partial charge in [-0.2, -0.15) is 0 Å². The van der Waals surface area contributed by atoms with Gasteiger partial charge in [0.1, 0.15) is 0 Å². The van der Waals surface area contributed by atoms with E-state index in [0.29, 0.717) is 6.04 Å². The van der Waals surface area contributed by atoms with E-state index in [1.807, 2.05) is 19.2 Å². The largest absolute Gasteiger partial charge is 0.354 e. The topological polar surface area (TPSA) is 41.0 Å². The fourth-order valence-corrected chi connectivity index (χ4v) is 2.70. The van der Waals surface area contributed by atoms with Crippen LogP contribution < -0.4 is 10.2 Å². The highest BCUT2D eigenvalue weighted by Gasteiger charge is 2.22. The molecule has 1 atom stereocenters. The molecule has 1 aliphatic heterocycles. The Balaban J connectivity index is 1.80. The summed E-state index contributed by atoms with van der Waals surface area (Å²) >= 11 is 0. The Kier molecular flexibility index (Phi) is 3.65. The average Bonchev–Trinajstić information content (AvgIpc) is 2.97. The van der Waals surface area contributed by atoms with Gasteiger partial charge < -0.3 is 10.2 Å². The van der Waals surface area contributed by atoms with Gasteiger partial charge in [0.25, 0.3) is 0 Å². The molecule has 4 heteroatoms. The van der Waals surface area contributed by atoms with E-state index < -0.39 is 0 Å². The van der Waals surface area contributed by atoms with Crippen LogP contribution in [0.25, 0.3) is 11.3 Å². The smallest absolute Gasteiger partial charge is 0.151 e. The Morgan fingerprint density at radius 1 is 1.15 bits per heavy atom. The van der Waals surface area contributed by atoms with E-state index in [4.69, 9.17) is 0 Å². The quantitative estimate of drug-likeness (QED) is 0.927. The van der Waals surface area contributed by atoms with E-state index in [9.17, 15) is 0 Å². The van der Waals surface area contributed by atoms with Crippen LogP contribution in [-0.4, -0.2) is 36.4 Å². The van der Waals surface area contributed by atoms with Crippen molar-refractivity contribution < 1.29 is 0 Å². The summed E-state index contributed by atoms with van der Waals surface area (Å²) in [5.74, 6) is 0.972. The molecular formula is C16H20N4. The number of aromatic nitrogens is 2. The second kappa shape index (κ2) is 5.59. The van der Waals surface area contributed by atoms with Gasteiger partial charge in [-0.05, 0) is 38.1 Å². The van der Waals surface area contributed by atoms with Gasteiger partial charge in [-0.25, -0.2) is 0 Å². The maximum absolute atomic E-state index is 4.40. The highest BCUT2D eigenvalue weighted by molar-refractivity contribution is 5.63. The van der Waals surface area contributed by atoms with E-state index in [2.05, 4.69) is 51.6 Å². The summed E-state index contributed by atoms with van der Waals surface area (Å²) < 4.78 is 0. The lowest BCUT2D eigenvalue weighted by atomic mass is 10.1. The minimum absolute atomic E-state index is 0.563. The molecule has 0 saturated carbocycles. The molecule has 1 aromatic heterocycles. The van der Waals surface area contributed by atoms with Gasteiger partial charge in [0.05, 0.1) is 5.69 Å². The van der Waals surface area contributed by atoms with Crippen LogP contribution in [0.3, 0.4) is 0 Å². The maximum Gasteiger partial charge on any atom is 0.151 e. The number of hydrogen-bond acceptors (Lipinski definition) is 4. The number of hydrogen-bond donors (Lipinski definition) is 1. The molecule has 0 bridgehead atoms. The Bertz CT molecular complexity index is 579. The molecule has 2 aromatic rings. The van der Waals surface area contributed by atoms with Gasteiger partial charge in [0.15, 0.2) is 5.82 Å². The van der Waals surface area contributed by atoms with Gasteiger partial charge in [0.2, 0.25) is 0 Å². The van der Waals surface area contributed by atoms with Crippen molar-refractivity contribution in [1.29, 1.82) is 0 Å². The van der Waals surface area contributed by atoms with Crippen LogP contribution in [0.2, 0.25) is 0 Å². The molecule has 0 aliphatic carbocycles. The van der Waals surface area contributed by atoms with Gasteiger partial charge in [-0.3, -0.25) is 0 Å². The minimum Gasteiger partial charge on any atom is -0.354 e. The molecule has 1 fully saturated rings. The van der Waals surface area contributed by atoms with Crippen LogP contribution in [0.1, 0.15) is 12.0 Å². The van der Waals surface area contributed by atoms with Gasteiger partial charge in [0, 0.05) is 24.7 Å². The molecule has 1 unspecified atom stereocenters. The third-order valence-corrected chi connectivity index (χ3v) is 3.99. The van der Waals surface area contributed by atoms with E-state index in [1.165, 1.54) is 5.56 Å². The van der Waals surface area contributed by atoms with Crippen molar-refractivity contribution in [2.75, 3.05) is 25.0 Å². The maximum atomic E-state index is 4.40. The van der Waals surface area contributed by atoms with Crippen LogP contribution >= 0.6 is 0 Å². The zero-order chi connectivity index (χ0) is 13.9. The zero-order valence-electron chi connectivity index (χ0n) is 12.0. The van der Waals surface area contributed by atoms with Crippen molar-refractivity contribution in [3.05, 3.63) is 42.0 Å². The molecule has 0 amide bonds. The van der Waals surface area contributed by atoms with E-state index >= 15 is 0 Å². The number of nitrogens with zero attached hydrogens (tertiary/aromatic N) is 3. The molecule has 0 radical (unpaired) electrons. The van der Waals surface area contributed by atoms with Crippen LogP contribution in [-0.2, 0) is 0 Å². The number of aryl methyl sites for hydroxylation is 1. The molecule has 104 valence electrons. The normalized spacial score (nSPS) is 18.5. The zero-order valence-corrected chi connectivity index (χ0v) is 12.0. The number of likely N-dealkylation sites (N-methyl/N-ethyl adjacent to an activating group) is 1. The third kappa shape index (κ3) is 2.51. The van der Waals surface area contributed by atoms with Crippen molar-refractivity contribution in [2.45, 2.75) is 19.4 Å². The Morgan fingerprint density at radius 2 is 2.00 bits per heavy atom. The van der Waals surface area contributed by atoms with E-state index in [0.717, 1.165) is 36.6 Å². The lowest BCUT2D eigenvalue weighted by Gasteiger charge is -2.17. The SMILES string of the molecule is CNC1CCN(c2ccc(-c3ccccc3C)nn2)C1. The first-order chi connectivity index (χ1) is 9.78. The first-order valence-corrected chi connectivity index (χ1v) is 7.10. The molecule has 1 aromatic carbocycles. The van der Waals surface area contributed by atoms with Crippen molar-refractivity contribution >= 4 is 5.82 Å². The van der Waals surface area contributed by atoms with Gasteiger partial charge in [-0.15, -0.1) is 10.2 Å². The lowest BCUT2D eigenvalue weighted by molar-refractivity contribution is 0.616. The highest BCUT2D eigenvalue weighted by atomic mass is 15.3. The molecule has 1 N–H and O–H groups in total. The third-order valence-electron chi connectivity index (χ3n) is 3.99. The predicted molar refractivity (Wildman–Crippen MR) is 81.9 cm³/mol. The predicted octanol–water partition coefficient (Wildman–Crippen LogP) is 2.25. The van der Waals surface area contributed by atoms with Gasteiger partial charge in [-0.1, -0.05) is 24.3 Å². The van der Waals surface area contributed by atoms with Crippen LogP contribution in [0.4, 0.5) is 5.82 Å². The van der Waals surface area contributed by atoms with Crippen LogP contribution in [0.5, 0.6) is 0 Å². The number of benzene rings is 1. The first kappa shape index (κ1) is 13.1. The summed E-state index contributed by atoms with van der Waals surface area (Å²) in [6, 6.07) is 13.0. The Hall–Kier alpha value is -1.94. The summed E-state index contributed by atoms with van der Waals surface area (Å²) in [5, 5.41) is 12.1. The second-order valence-electron chi connectivity index (χ2n) is 5.31. The fourth-order valence-electron chi connectivity index (χ4n) is 2.70. The molecule has 4 nitrogen and oxygen atoms in total. The van der Waals surface area contributed by atoms with Crippen molar-refractivity contribution in [3.8, 4) is 11.3 Å². The summed E-state index contributed by atoms with van der Waals surface area (Å²) in [4.78, 5) is 2.29. The number of anilines is 1. The molecule has 20 heavy (non-hydrogen) atoms. The first-order valence-electron chi connectivity index (χ1n) is 7.10. The van der Waals surface area contributed by atoms with Crippen molar-refractivity contribution in [3.63, 3.8) is 0 Å². The van der Waals surface area contributed by atoms with Crippen LogP contribution in [0.15, 0.2) is 36.4 Å². The lowest BCUT2D eigenvalue weighted by Crippen LogP contribution is -2.29. The van der Waals surface area contributed by atoms with Gasteiger partial charge >= 0.3 is 0 Å². The second-order valence-corrected chi connectivity index (χ2v) is 5.31. The summed E-state index contributed by atoms with van der Waals surface area (Å²) in [6.07, 6.45) is 1.16. The molecule has 1 saturated heterocycles. The van der Waals surface area contributed by atoms with E-state index in [-0.39, 0.29) is 0 Å². The molecule has 2 heterocycles. The monoisotopic (exact) mass is 268 g/mol. The van der Waals surface area contributed by atoms with Crippen molar-refractivity contribution in [2.24, 2.45) is 0 Å². The number of rotatable bonds is 3. The fraction of sp³-hybridized carbons (Fsp3) is 0.375. The summed E-state index contributed by atoms with van der Waals surface area (Å²) in [7, 11) is 2.02. The molecular weight excluding hydrogens is 248 g/mol. The Morgan fingerprint density at radius 3 is 2.65 bits per heavy atom. The molecule has 0 spiro atoms. The van der Waals surface area contributed by atoms with E-state index in [1.54, 1.807) is 0 Å². The number of nitrogens with one attached hydrogen (secondary N) is 1. The van der Waals surface area contributed by atoms with Crippen LogP contribution in [0, 0.1) is 6.92 Å². The molecule has 3 rings (SSSR count).